The molecule has 1 heterocycles. The van der Waals surface area contributed by atoms with E-state index in [1.807, 2.05) is 69.3 Å². The molecule has 0 fully saturated rings. The Labute approximate surface area is 193 Å². The lowest BCUT2D eigenvalue weighted by Gasteiger charge is -2.21. The zero-order chi connectivity index (χ0) is 23.1. The minimum atomic E-state index is -0.686. The number of benzene rings is 2. The Balaban J connectivity index is 1.65. The van der Waals surface area contributed by atoms with Crippen molar-refractivity contribution in [2.45, 2.75) is 53.0 Å². The Morgan fingerprint density at radius 1 is 1.06 bits per heavy atom. The molecule has 0 aliphatic heterocycles. The monoisotopic (exact) mass is 450 g/mol. The van der Waals surface area contributed by atoms with Crippen molar-refractivity contribution in [3.8, 4) is 10.6 Å². The molecule has 0 aliphatic carbocycles. The highest BCUT2D eigenvalue weighted by Gasteiger charge is 2.26. The van der Waals surface area contributed by atoms with Crippen LogP contribution in [0.25, 0.3) is 10.6 Å². The Kier molecular flexibility index (Phi) is 8.11. The van der Waals surface area contributed by atoms with Gasteiger partial charge in [-0.1, -0.05) is 74.4 Å². The van der Waals surface area contributed by atoms with Gasteiger partial charge < -0.3 is 5.32 Å². The summed E-state index contributed by atoms with van der Waals surface area (Å²) >= 11 is 1.31. The number of aromatic nitrogens is 2. The van der Waals surface area contributed by atoms with Gasteiger partial charge in [0.2, 0.25) is 11.0 Å². The van der Waals surface area contributed by atoms with Gasteiger partial charge in [-0.25, -0.2) is 0 Å². The van der Waals surface area contributed by atoms with E-state index in [4.69, 9.17) is 0 Å². The van der Waals surface area contributed by atoms with Gasteiger partial charge in [-0.05, 0) is 49.4 Å². The summed E-state index contributed by atoms with van der Waals surface area (Å²) in [6, 6.07) is 14.9. The summed E-state index contributed by atoms with van der Waals surface area (Å²) in [4.78, 5) is 25.7. The van der Waals surface area contributed by atoms with E-state index in [2.05, 4.69) is 27.8 Å². The largest absolute Gasteiger partial charge is 0.340 e. The molecule has 7 heteroatoms. The smallest absolute Gasteiger partial charge is 0.251 e. The molecule has 0 spiro atoms. The normalized spacial score (nSPS) is 11.9. The van der Waals surface area contributed by atoms with Crippen molar-refractivity contribution in [2.24, 2.45) is 5.92 Å². The predicted molar refractivity (Wildman–Crippen MR) is 130 cm³/mol. The maximum atomic E-state index is 12.9. The molecule has 2 amide bonds. The molecule has 6 nitrogen and oxygen atoms in total. The number of amides is 2. The second-order valence-corrected chi connectivity index (χ2v) is 9.24. The van der Waals surface area contributed by atoms with Crippen LogP contribution in [0.1, 0.15) is 55.1 Å². The van der Waals surface area contributed by atoms with E-state index in [9.17, 15) is 9.59 Å². The topological polar surface area (TPSA) is 84.0 Å². The molecule has 1 atom stereocenters. The van der Waals surface area contributed by atoms with Crippen molar-refractivity contribution in [3.05, 3.63) is 65.2 Å². The lowest BCUT2D eigenvalue weighted by molar-refractivity contribution is -0.118. The van der Waals surface area contributed by atoms with Crippen LogP contribution in [0.3, 0.4) is 0 Å². The quantitative estimate of drug-likeness (QED) is 0.466. The molecule has 1 unspecified atom stereocenters. The Bertz CT molecular complexity index is 1060. The number of hydrogen-bond acceptors (Lipinski definition) is 5. The third-order valence-electron chi connectivity index (χ3n) is 5.19. The minimum absolute atomic E-state index is 0.0908. The van der Waals surface area contributed by atoms with E-state index in [1.165, 1.54) is 16.9 Å². The van der Waals surface area contributed by atoms with Gasteiger partial charge in [0.05, 0.1) is 0 Å². The maximum Gasteiger partial charge on any atom is 0.251 e. The van der Waals surface area contributed by atoms with Crippen LogP contribution in [0.5, 0.6) is 0 Å². The molecule has 0 radical (unpaired) electrons. The number of anilines is 1. The van der Waals surface area contributed by atoms with E-state index in [-0.39, 0.29) is 17.7 Å². The zero-order valence-corrected chi connectivity index (χ0v) is 19.8. The molecule has 3 rings (SSSR count). The molecule has 0 saturated heterocycles. The van der Waals surface area contributed by atoms with Crippen LogP contribution in [0.2, 0.25) is 0 Å². The second kappa shape index (κ2) is 11.0. The number of carbonyl (C=O) groups is 2. The van der Waals surface area contributed by atoms with E-state index in [0.29, 0.717) is 10.7 Å². The summed E-state index contributed by atoms with van der Waals surface area (Å²) < 4.78 is 0. The van der Waals surface area contributed by atoms with Gasteiger partial charge in [0, 0.05) is 11.1 Å². The summed E-state index contributed by atoms with van der Waals surface area (Å²) in [5, 5.41) is 15.1. The van der Waals surface area contributed by atoms with E-state index in [1.54, 1.807) is 0 Å². The fourth-order valence-corrected chi connectivity index (χ4v) is 4.06. The third-order valence-corrected chi connectivity index (χ3v) is 6.08. The van der Waals surface area contributed by atoms with Crippen molar-refractivity contribution in [3.63, 3.8) is 0 Å². The highest BCUT2D eigenvalue weighted by Crippen LogP contribution is 2.27. The second-order valence-electron chi connectivity index (χ2n) is 8.27. The third kappa shape index (κ3) is 6.23. The van der Waals surface area contributed by atoms with Crippen LogP contribution in [0, 0.1) is 12.8 Å². The Hall–Kier alpha value is -3.06. The van der Waals surface area contributed by atoms with E-state index >= 15 is 0 Å². The van der Waals surface area contributed by atoms with Crippen molar-refractivity contribution < 1.29 is 9.59 Å². The molecule has 0 bridgehead atoms. The highest BCUT2D eigenvalue weighted by molar-refractivity contribution is 7.18. The SMILES string of the molecule is CCCCc1ccc(C(=O)NC(C(=O)Nc2nnc(-c3cccc(C)c3)s2)C(C)C)cc1. The van der Waals surface area contributed by atoms with Gasteiger partial charge in [0.15, 0.2) is 0 Å². The van der Waals surface area contributed by atoms with Crippen molar-refractivity contribution in [1.82, 2.24) is 15.5 Å². The van der Waals surface area contributed by atoms with E-state index < -0.39 is 6.04 Å². The lowest BCUT2D eigenvalue weighted by Crippen LogP contribution is -2.47. The summed E-state index contributed by atoms with van der Waals surface area (Å²) in [5.74, 6) is -0.662. The summed E-state index contributed by atoms with van der Waals surface area (Å²) in [5.41, 5.74) is 3.84. The van der Waals surface area contributed by atoms with Crippen LogP contribution in [-0.2, 0) is 11.2 Å². The molecule has 2 aromatic carbocycles. The number of hydrogen-bond donors (Lipinski definition) is 2. The average Bonchev–Trinajstić information content (AvgIpc) is 3.24. The van der Waals surface area contributed by atoms with Crippen LogP contribution >= 0.6 is 11.3 Å². The van der Waals surface area contributed by atoms with E-state index in [0.717, 1.165) is 35.4 Å². The molecule has 32 heavy (non-hydrogen) atoms. The van der Waals surface area contributed by atoms with Crippen molar-refractivity contribution >= 4 is 28.3 Å². The Morgan fingerprint density at radius 2 is 1.81 bits per heavy atom. The highest BCUT2D eigenvalue weighted by atomic mass is 32.1. The summed E-state index contributed by atoms with van der Waals surface area (Å²) in [6.07, 6.45) is 3.26. The summed E-state index contributed by atoms with van der Waals surface area (Å²) in [7, 11) is 0. The zero-order valence-electron chi connectivity index (χ0n) is 19.0. The van der Waals surface area contributed by atoms with Gasteiger partial charge in [-0.15, -0.1) is 10.2 Å². The summed E-state index contributed by atoms with van der Waals surface area (Å²) in [6.45, 7) is 7.97. The average molecular weight is 451 g/mol. The molecule has 1 aromatic heterocycles. The molecule has 168 valence electrons. The fraction of sp³-hybridized carbons (Fsp3) is 0.360. The first-order valence-corrected chi connectivity index (χ1v) is 11.8. The predicted octanol–water partition coefficient (Wildman–Crippen LogP) is 5.25. The lowest BCUT2D eigenvalue weighted by atomic mass is 10.0. The number of aryl methyl sites for hydroxylation is 2. The van der Waals surface area contributed by atoms with Crippen LogP contribution in [0.15, 0.2) is 48.5 Å². The number of nitrogens with one attached hydrogen (secondary N) is 2. The molecule has 0 aliphatic rings. The standard InChI is InChI=1S/C25H30N4O2S/c1-5-6-9-18-11-13-19(14-12-18)22(30)26-21(16(2)3)23(31)27-25-29-28-24(32-25)20-10-7-8-17(4)15-20/h7-8,10-16,21H,5-6,9H2,1-4H3,(H,26,30)(H,27,29,31). The fourth-order valence-electron chi connectivity index (χ4n) is 3.31. The van der Waals surface area contributed by atoms with Crippen LogP contribution in [-0.4, -0.2) is 28.1 Å². The minimum Gasteiger partial charge on any atom is -0.340 e. The molecule has 0 saturated carbocycles. The number of unbranched alkanes of at least 4 members (excludes halogenated alkanes) is 1. The first kappa shape index (κ1) is 23.6. The van der Waals surface area contributed by atoms with Crippen molar-refractivity contribution in [2.75, 3.05) is 5.32 Å². The first-order chi connectivity index (χ1) is 15.4. The first-order valence-electron chi connectivity index (χ1n) is 11.0. The van der Waals surface area contributed by atoms with Gasteiger partial charge in [-0.2, -0.15) is 0 Å². The molecular formula is C25H30N4O2S. The van der Waals surface area contributed by atoms with Gasteiger partial charge in [0.1, 0.15) is 11.0 Å². The molecule has 3 aromatic rings. The van der Waals surface area contributed by atoms with Gasteiger partial charge in [-0.3, -0.25) is 14.9 Å². The maximum absolute atomic E-state index is 12.9. The van der Waals surface area contributed by atoms with Gasteiger partial charge in [0.25, 0.3) is 5.91 Å². The van der Waals surface area contributed by atoms with Crippen molar-refractivity contribution in [1.29, 1.82) is 0 Å². The van der Waals surface area contributed by atoms with Crippen LogP contribution < -0.4 is 10.6 Å². The molecular weight excluding hydrogens is 420 g/mol. The molecule has 2 N–H and O–H groups in total. The number of carbonyl (C=O) groups excluding carboxylic acids is 2. The number of rotatable bonds is 9. The Morgan fingerprint density at radius 3 is 2.47 bits per heavy atom. The van der Waals surface area contributed by atoms with Crippen LogP contribution in [0.4, 0.5) is 5.13 Å². The number of nitrogens with zero attached hydrogens (tertiary/aromatic N) is 2. The van der Waals surface area contributed by atoms with Gasteiger partial charge >= 0.3 is 0 Å².